The van der Waals surface area contributed by atoms with Gasteiger partial charge in [0, 0.05) is 47.5 Å². The number of benzene rings is 1. The summed E-state index contributed by atoms with van der Waals surface area (Å²) >= 11 is 0. The molecule has 1 aliphatic rings. The highest BCUT2D eigenvalue weighted by Gasteiger charge is 2.24. The fourth-order valence-corrected chi connectivity index (χ4v) is 4.40. The highest BCUT2D eigenvalue weighted by molar-refractivity contribution is 7.89. The largest absolute Gasteiger partial charge is 0.337 e. The van der Waals surface area contributed by atoms with Crippen molar-refractivity contribution >= 4 is 26.7 Å². The lowest BCUT2D eigenvalue weighted by Gasteiger charge is -2.27. The Morgan fingerprint density at radius 3 is 2.55 bits per heavy atom. The summed E-state index contributed by atoms with van der Waals surface area (Å²) < 4.78 is 37.9. The number of sulfonamides is 1. The van der Waals surface area contributed by atoms with E-state index in [2.05, 4.69) is 4.72 Å². The first-order valence-corrected chi connectivity index (χ1v) is 10.1. The molecule has 0 saturated carbocycles. The first-order chi connectivity index (χ1) is 10.3. The zero-order valence-electron chi connectivity index (χ0n) is 12.7. The van der Waals surface area contributed by atoms with E-state index in [0.29, 0.717) is 30.2 Å². The van der Waals surface area contributed by atoms with E-state index in [4.69, 9.17) is 0 Å². The van der Waals surface area contributed by atoms with Gasteiger partial charge in [-0.2, -0.15) is 0 Å². The summed E-state index contributed by atoms with van der Waals surface area (Å²) in [4.78, 5) is 14.3. The first-order valence-electron chi connectivity index (χ1n) is 7.09. The Balaban J connectivity index is 2.31. The molecule has 0 spiro atoms. The zero-order chi connectivity index (χ0) is 16.3. The molecule has 6 nitrogen and oxygen atoms in total. The normalized spacial score (nSPS) is 16.7. The van der Waals surface area contributed by atoms with Crippen molar-refractivity contribution in [3.63, 3.8) is 0 Å². The van der Waals surface area contributed by atoms with Gasteiger partial charge in [-0.1, -0.05) is 13.0 Å². The number of nitrogens with one attached hydrogen (secondary N) is 1. The van der Waals surface area contributed by atoms with Crippen molar-refractivity contribution in [3.05, 3.63) is 29.3 Å². The molecule has 0 bridgehead atoms. The molecule has 2 rings (SSSR count). The molecule has 0 aromatic heterocycles. The number of rotatable bonds is 4. The number of nitrogens with zero attached hydrogens (tertiary/aromatic N) is 1. The average Bonchev–Trinajstić information content (AvgIpc) is 2.47. The van der Waals surface area contributed by atoms with E-state index < -0.39 is 20.8 Å². The lowest BCUT2D eigenvalue weighted by atomic mass is 10.1. The number of hydrogen-bond donors (Lipinski definition) is 1. The molecule has 0 aliphatic carbocycles. The summed E-state index contributed by atoms with van der Waals surface area (Å²) in [5, 5.41) is 0. The SMILES string of the molecule is CCNS(=O)(=O)c1ccc(C)c(C(=O)N2CCS(=O)CC2)c1. The van der Waals surface area contributed by atoms with Gasteiger partial charge >= 0.3 is 0 Å². The van der Waals surface area contributed by atoms with Crippen LogP contribution in [-0.4, -0.2) is 54.6 Å². The maximum Gasteiger partial charge on any atom is 0.254 e. The van der Waals surface area contributed by atoms with Crippen LogP contribution in [0.4, 0.5) is 0 Å². The number of aryl methyl sites for hydroxylation is 1. The van der Waals surface area contributed by atoms with Crippen LogP contribution in [0.5, 0.6) is 0 Å². The van der Waals surface area contributed by atoms with Crippen LogP contribution in [-0.2, 0) is 20.8 Å². The van der Waals surface area contributed by atoms with Gasteiger partial charge in [-0.05, 0) is 24.6 Å². The Labute approximate surface area is 133 Å². The molecule has 8 heteroatoms. The molecule has 1 N–H and O–H groups in total. The summed E-state index contributed by atoms with van der Waals surface area (Å²) in [6.07, 6.45) is 0. The Hall–Kier alpha value is -1.25. The van der Waals surface area contributed by atoms with Crippen LogP contribution in [0.1, 0.15) is 22.8 Å². The van der Waals surface area contributed by atoms with Gasteiger partial charge in [0.1, 0.15) is 0 Å². The van der Waals surface area contributed by atoms with Crippen molar-refractivity contribution in [2.24, 2.45) is 0 Å². The van der Waals surface area contributed by atoms with E-state index >= 15 is 0 Å². The van der Waals surface area contributed by atoms with Gasteiger partial charge in [-0.25, -0.2) is 13.1 Å². The van der Waals surface area contributed by atoms with Crippen molar-refractivity contribution in [1.29, 1.82) is 0 Å². The molecular weight excluding hydrogens is 324 g/mol. The molecule has 0 radical (unpaired) electrons. The van der Waals surface area contributed by atoms with Gasteiger partial charge in [0.2, 0.25) is 10.0 Å². The van der Waals surface area contributed by atoms with E-state index in [1.807, 2.05) is 0 Å². The van der Waals surface area contributed by atoms with E-state index in [0.717, 1.165) is 5.56 Å². The maximum atomic E-state index is 12.6. The topological polar surface area (TPSA) is 83.6 Å². The predicted octanol–water partition coefficient (Wildman–Crippen LogP) is 0.498. The van der Waals surface area contributed by atoms with Crippen molar-refractivity contribution in [3.8, 4) is 0 Å². The predicted molar refractivity (Wildman–Crippen MR) is 85.8 cm³/mol. The van der Waals surface area contributed by atoms with Crippen LogP contribution in [0.3, 0.4) is 0 Å². The minimum absolute atomic E-state index is 0.0869. The summed E-state index contributed by atoms with van der Waals surface area (Å²) in [7, 11) is -4.45. The third-order valence-electron chi connectivity index (χ3n) is 3.55. The third kappa shape index (κ3) is 3.74. The molecule has 1 aliphatic heterocycles. The molecular formula is C14H20N2O4S2. The lowest BCUT2D eigenvalue weighted by Crippen LogP contribution is -2.42. The van der Waals surface area contributed by atoms with Crippen molar-refractivity contribution in [1.82, 2.24) is 9.62 Å². The minimum atomic E-state index is -3.59. The van der Waals surface area contributed by atoms with E-state index in [9.17, 15) is 17.4 Å². The second-order valence-electron chi connectivity index (χ2n) is 5.12. The minimum Gasteiger partial charge on any atom is -0.337 e. The Bertz CT molecular complexity index is 691. The molecule has 1 amide bonds. The Morgan fingerprint density at radius 2 is 1.95 bits per heavy atom. The molecule has 1 heterocycles. The molecule has 122 valence electrons. The number of amides is 1. The summed E-state index contributed by atoms with van der Waals surface area (Å²) in [6, 6.07) is 4.55. The number of carbonyl (C=O) groups is 1. The second-order valence-corrected chi connectivity index (χ2v) is 8.58. The smallest absolute Gasteiger partial charge is 0.254 e. The van der Waals surface area contributed by atoms with Gasteiger partial charge in [0.15, 0.2) is 0 Å². The number of hydrogen-bond acceptors (Lipinski definition) is 4. The molecule has 0 unspecified atom stereocenters. The highest BCUT2D eigenvalue weighted by Crippen LogP contribution is 2.18. The van der Waals surface area contributed by atoms with E-state index in [-0.39, 0.29) is 17.3 Å². The van der Waals surface area contributed by atoms with E-state index in [1.165, 1.54) is 12.1 Å². The molecule has 1 aromatic carbocycles. The monoisotopic (exact) mass is 344 g/mol. The maximum absolute atomic E-state index is 12.6. The van der Waals surface area contributed by atoms with Gasteiger partial charge < -0.3 is 4.90 Å². The highest BCUT2D eigenvalue weighted by atomic mass is 32.2. The van der Waals surface area contributed by atoms with Gasteiger partial charge in [-0.3, -0.25) is 9.00 Å². The van der Waals surface area contributed by atoms with Gasteiger partial charge in [0.25, 0.3) is 5.91 Å². The number of carbonyl (C=O) groups excluding carboxylic acids is 1. The molecule has 1 saturated heterocycles. The van der Waals surface area contributed by atoms with Gasteiger partial charge in [-0.15, -0.1) is 0 Å². The summed E-state index contributed by atoms with van der Waals surface area (Å²) in [6.45, 7) is 4.65. The van der Waals surface area contributed by atoms with Crippen molar-refractivity contribution in [2.75, 3.05) is 31.1 Å². The van der Waals surface area contributed by atoms with Crippen LogP contribution in [0.25, 0.3) is 0 Å². The second kappa shape index (κ2) is 6.89. The Morgan fingerprint density at radius 1 is 1.32 bits per heavy atom. The van der Waals surface area contributed by atoms with Gasteiger partial charge in [0.05, 0.1) is 4.90 Å². The quantitative estimate of drug-likeness (QED) is 0.862. The van der Waals surface area contributed by atoms with Crippen molar-refractivity contribution < 1.29 is 17.4 Å². The average molecular weight is 344 g/mol. The third-order valence-corrected chi connectivity index (χ3v) is 6.37. The Kier molecular flexibility index (Phi) is 5.36. The molecule has 1 aromatic rings. The zero-order valence-corrected chi connectivity index (χ0v) is 14.3. The van der Waals surface area contributed by atoms with Crippen LogP contribution >= 0.6 is 0 Å². The summed E-state index contributed by atoms with van der Waals surface area (Å²) in [5.41, 5.74) is 1.11. The summed E-state index contributed by atoms with van der Waals surface area (Å²) in [5.74, 6) is 0.739. The van der Waals surface area contributed by atoms with Crippen LogP contribution in [0.2, 0.25) is 0 Å². The van der Waals surface area contributed by atoms with Crippen LogP contribution in [0, 0.1) is 6.92 Å². The fourth-order valence-electron chi connectivity index (χ4n) is 2.28. The fraction of sp³-hybridized carbons (Fsp3) is 0.500. The molecule has 22 heavy (non-hydrogen) atoms. The van der Waals surface area contributed by atoms with Crippen molar-refractivity contribution in [2.45, 2.75) is 18.7 Å². The van der Waals surface area contributed by atoms with Crippen LogP contribution in [0.15, 0.2) is 23.1 Å². The van der Waals surface area contributed by atoms with Crippen LogP contribution < -0.4 is 4.72 Å². The first kappa shape index (κ1) is 17.1. The molecule has 0 atom stereocenters. The lowest BCUT2D eigenvalue weighted by molar-refractivity contribution is 0.0770. The molecule has 1 fully saturated rings. The van der Waals surface area contributed by atoms with E-state index in [1.54, 1.807) is 24.8 Å². The standard InChI is InChI=1S/C14H20N2O4S2/c1-3-15-22(19,20)12-5-4-11(2)13(10-12)14(17)16-6-8-21(18)9-7-16/h4-5,10,15H,3,6-9H2,1-2H3.